The Morgan fingerprint density at radius 3 is 2.26 bits per heavy atom. The lowest BCUT2D eigenvalue weighted by Crippen LogP contribution is -2.48. The van der Waals surface area contributed by atoms with Gasteiger partial charge in [0.05, 0.1) is 5.56 Å². The summed E-state index contributed by atoms with van der Waals surface area (Å²) in [6.07, 6.45) is 5.19. The third-order valence-electron chi connectivity index (χ3n) is 4.28. The highest BCUT2D eigenvalue weighted by Crippen LogP contribution is 2.23. The number of primary amides is 1. The number of carboxylic acids is 1. The number of amides is 2. The summed E-state index contributed by atoms with van der Waals surface area (Å²) in [6.45, 7) is 0. The monoisotopic (exact) mass is 318 g/mol. The summed E-state index contributed by atoms with van der Waals surface area (Å²) in [5.74, 6) is -1.75. The summed E-state index contributed by atoms with van der Waals surface area (Å²) in [6, 6.07) is 5.43. The molecule has 0 unspecified atom stereocenters. The van der Waals surface area contributed by atoms with Crippen molar-refractivity contribution in [1.29, 1.82) is 0 Å². The SMILES string of the molecule is NC(=O)[C@@H](Cc1ccc(C(=O)O)cc1)NC(=O)C1CCCCC1. The van der Waals surface area contributed by atoms with Crippen molar-refractivity contribution in [3.05, 3.63) is 35.4 Å². The zero-order chi connectivity index (χ0) is 16.8. The van der Waals surface area contributed by atoms with Crippen LogP contribution in [0.15, 0.2) is 24.3 Å². The molecule has 6 heteroatoms. The Balaban J connectivity index is 1.99. The van der Waals surface area contributed by atoms with Crippen molar-refractivity contribution < 1.29 is 19.5 Å². The van der Waals surface area contributed by atoms with Crippen LogP contribution < -0.4 is 11.1 Å². The van der Waals surface area contributed by atoms with Gasteiger partial charge in [0, 0.05) is 12.3 Å². The third kappa shape index (κ3) is 4.81. The summed E-state index contributed by atoms with van der Waals surface area (Å²) in [5, 5.41) is 11.6. The fraction of sp³-hybridized carbons (Fsp3) is 0.471. The Morgan fingerprint density at radius 1 is 1.13 bits per heavy atom. The Hall–Kier alpha value is -2.37. The number of carboxylic acid groups (broad SMARTS) is 1. The van der Waals surface area contributed by atoms with E-state index in [1.54, 1.807) is 12.1 Å². The van der Waals surface area contributed by atoms with Crippen molar-refractivity contribution in [2.75, 3.05) is 0 Å². The highest BCUT2D eigenvalue weighted by atomic mass is 16.4. The van der Waals surface area contributed by atoms with Gasteiger partial charge < -0.3 is 16.2 Å². The van der Waals surface area contributed by atoms with Crippen LogP contribution in [0, 0.1) is 5.92 Å². The number of hydrogen-bond acceptors (Lipinski definition) is 3. The second-order valence-corrected chi connectivity index (χ2v) is 6.00. The fourth-order valence-electron chi connectivity index (χ4n) is 2.90. The first kappa shape index (κ1) is 17.0. The van der Waals surface area contributed by atoms with Crippen LogP contribution >= 0.6 is 0 Å². The van der Waals surface area contributed by atoms with Gasteiger partial charge in [-0.1, -0.05) is 31.4 Å². The zero-order valence-corrected chi connectivity index (χ0v) is 13.0. The quantitative estimate of drug-likeness (QED) is 0.738. The molecule has 1 saturated carbocycles. The van der Waals surface area contributed by atoms with Gasteiger partial charge in [-0.3, -0.25) is 9.59 Å². The van der Waals surface area contributed by atoms with Crippen LogP contribution in [0.4, 0.5) is 0 Å². The molecule has 1 atom stereocenters. The maximum absolute atomic E-state index is 12.2. The summed E-state index contributed by atoms with van der Waals surface area (Å²) in [4.78, 5) is 34.7. The standard InChI is InChI=1S/C17H22N2O4/c18-15(20)14(19-16(21)12-4-2-1-3-5-12)10-11-6-8-13(9-7-11)17(22)23/h6-9,12,14H,1-5,10H2,(H2,18,20)(H,19,21)(H,22,23)/t14-/m1/s1. The van der Waals surface area contributed by atoms with E-state index in [2.05, 4.69) is 5.32 Å². The van der Waals surface area contributed by atoms with Gasteiger partial charge in [-0.2, -0.15) is 0 Å². The number of rotatable bonds is 6. The maximum atomic E-state index is 12.2. The molecular weight excluding hydrogens is 296 g/mol. The molecule has 1 aromatic carbocycles. The Labute approximate surface area is 135 Å². The van der Waals surface area contributed by atoms with E-state index in [-0.39, 0.29) is 23.8 Å². The molecule has 0 heterocycles. The fourth-order valence-corrected chi connectivity index (χ4v) is 2.90. The molecule has 0 aromatic heterocycles. The van der Waals surface area contributed by atoms with E-state index in [9.17, 15) is 14.4 Å². The van der Waals surface area contributed by atoms with Crippen molar-refractivity contribution >= 4 is 17.8 Å². The summed E-state index contributed by atoms with van der Waals surface area (Å²) >= 11 is 0. The van der Waals surface area contributed by atoms with E-state index < -0.39 is 17.9 Å². The van der Waals surface area contributed by atoms with Gasteiger partial charge in [0.15, 0.2) is 0 Å². The molecule has 1 aliphatic rings. The highest BCUT2D eigenvalue weighted by Gasteiger charge is 2.25. The summed E-state index contributed by atoms with van der Waals surface area (Å²) in [5.41, 5.74) is 6.32. The third-order valence-corrected chi connectivity index (χ3v) is 4.28. The van der Waals surface area contributed by atoms with Gasteiger partial charge in [-0.15, -0.1) is 0 Å². The van der Waals surface area contributed by atoms with Crippen LogP contribution in [0.5, 0.6) is 0 Å². The average Bonchev–Trinajstić information content (AvgIpc) is 2.55. The van der Waals surface area contributed by atoms with E-state index in [1.807, 2.05) is 0 Å². The largest absolute Gasteiger partial charge is 0.478 e. The molecule has 1 fully saturated rings. The number of nitrogens with one attached hydrogen (secondary N) is 1. The molecule has 1 aromatic rings. The normalized spacial score (nSPS) is 16.5. The van der Waals surface area contributed by atoms with Crippen molar-refractivity contribution in [3.63, 3.8) is 0 Å². The summed E-state index contributed by atoms with van der Waals surface area (Å²) in [7, 11) is 0. The molecule has 4 N–H and O–H groups in total. The van der Waals surface area contributed by atoms with Gasteiger partial charge in [0.1, 0.15) is 6.04 Å². The Morgan fingerprint density at radius 2 is 1.74 bits per heavy atom. The van der Waals surface area contributed by atoms with Crippen molar-refractivity contribution in [2.24, 2.45) is 11.7 Å². The van der Waals surface area contributed by atoms with Crippen molar-refractivity contribution in [2.45, 2.75) is 44.6 Å². The Bertz CT molecular complexity index is 577. The van der Waals surface area contributed by atoms with Crippen molar-refractivity contribution in [1.82, 2.24) is 5.32 Å². The van der Waals surface area contributed by atoms with E-state index in [1.165, 1.54) is 12.1 Å². The van der Waals surface area contributed by atoms with Gasteiger partial charge in [0.25, 0.3) is 0 Å². The minimum atomic E-state index is -1.01. The molecule has 0 bridgehead atoms. The average molecular weight is 318 g/mol. The molecule has 1 aliphatic carbocycles. The minimum Gasteiger partial charge on any atom is -0.478 e. The van der Waals surface area contributed by atoms with E-state index >= 15 is 0 Å². The molecule has 124 valence electrons. The number of benzene rings is 1. The topological polar surface area (TPSA) is 109 Å². The highest BCUT2D eigenvalue weighted by molar-refractivity contribution is 5.88. The first-order chi connectivity index (χ1) is 11.0. The Kier molecular flexibility index (Phi) is 5.73. The lowest BCUT2D eigenvalue weighted by atomic mass is 9.88. The van der Waals surface area contributed by atoms with Gasteiger partial charge in [0.2, 0.25) is 11.8 Å². The first-order valence-electron chi connectivity index (χ1n) is 7.89. The number of hydrogen-bond donors (Lipinski definition) is 3. The van der Waals surface area contributed by atoms with Crippen LogP contribution in [0.1, 0.15) is 48.0 Å². The molecule has 0 saturated heterocycles. The zero-order valence-electron chi connectivity index (χ0n) is 13.0. The van der Waals surface area contributed by atoms with Crippen LogP contribution in [0.2, 0.25) is 0 Å². The smallest absolute Gasteiger partial charge is 0.335 e. The van der Waals surface area contributed by atoms with Crippen LogP contribution in [-0.4, -0.2) is 28.9 Å². The lowest BCUT2D eigenvalue weighted by Gasteiger charge is -2.23. The van der Waals surface area contributed by atoms with E-state index in [0.29, 0.717) is 0 Å². The summed E-state index contributed by atoms with van der Waals surface area (Å²) < 4.78 is 0. The number of aromatic carboxylic acids is 1. The second-order valence-electron chi connectivity index (χ2n) is 6.00. The van der Waals surface area contributed by atoms with Crippen LogP contribution in [-0.2, 0) is 16.0 Å². The molecule has 2 amide bonds. The molecule has 0 aliphatic heterocycles. The molecule has 0 radical (unpaired) electrons. The van der Waals surface area contributed by atoms with Gasteiger partial charge >= 0.3 is 5.97 Å². The van der Waals surface area contributed by atoms with Crippen LogP contribution in [0.25, 0.3) is 0 Å². The minimum absolute atomic E-state index is 0.0417. The molecule has 23 heavy (non-hydrogen) atoms. The number of carbonyl (C=O) groups is 3. The van der Waals surface area contributed by atoms with E-state index in [4.69, 9.17) is 10.8 Å². The number of nitrogens with two attached hydrogens (primary N) is 1. The predicted octanol–water partition coefficient (Wildman–Crippen LogP) is 1.48. The molecule has 0 spiro atoms. The second kappa shape index (κ2) is 7.76. The van der Waals surface area contributed by atoms with Gasteiger partial charge in [-0.05, 0) is 30.5 Å². The van der Waals surface area contributed by atoms with Crippen LogP contribution in [0.3, 0.4) is 0 Å². The molecule has 6 nitrogen and oxygen atoms in total. The predicted molar refractivity (Wildman–Crippen MR) is 84.8 cm³/mol. The molecular formula is C17H22N2O4. The van der Waals surface area contributed by atoms with E-state index in [0.717, 1.165) is 37.7 Å². The van der Waals surface area contributed by atoms with Crippen molar-refractivity contribution in [3.8, 4) is 0 Å². The lowest BCUT2D eigenvalue weighted by molar-refractivity contribution is -0.130. The molecule has 2 rings (SSSR count). The van der Waals surface area contributed by atoms with Gasteiger partial charge in [-0.25, -0.2) is 4.79 Å². The maximum Gasteiger partial charge on any atom is 0.335 e. The number of carbonyl (C=O) groups excluding carboxylic acids is 2. The first-order valence-corrected chi connectivity index (χ1v) is 7.89.